The molecule has 0 aliphatic carbocycles. The van der Waals surface area contributed by atoms with Crippen LogP contribution in [-0.4, -0.2) is 49.4 Å². The van der Waals surface area contributed by atoms with Crippen LogP contribution in [0.25, 0.3) is 0 Å². The Morgan fingerprint density at radius 1 is 1.59 bits per heavy atom. The molecule has 1 atom stereocenters. The molecular formula is C10H18N4O2S. The molecule has 0 radical (unpaired) electrons. The predicted octanol–water partition coefficient (Wildman–Crippen LogP) is 0.0298. The Kier molecular flexibility index (Phi) is 3.80. The highest BCUT2D eigenvalue weighted by Gasteiger charge is 2.25. The number of aromatic amines is 1. The number of imidazole rings is 1. The third-order valence-electron chi connectivity index (χ3n) is 3.08. The molecular weight excluding hydrogens is 240 g/mol. The third-order valence-corrected chi connectivity index (χ3v) is 4.82. The molecule has 2 N–H and O–H groups in total. The molecule has 1 aliphatic heterocycles. The topological polar surface area (TPSA) is 78.1 Å². The van der Waals surface area contributed by atoms with Crippen LogP contribution in [0.4, 0.5) is 0 Å². The molecule has 1 aromatic rings. The van der Waals surface area contributed by atoms with Gasteiger partial charge < -0.3 is 10.3 Å². The normalized spacial score (nSPS) is 21.9. The number of aromatic nitrogens is 2. The van der Waals surface area contributed by atoms with Gasteiger partial charge in [-0.15, -0.1) is 0 Å². The molecule has 0 spiro atoms. The van der Waals surface area contributed by atoms with Gasteiger partial charge in [0, 0.05) is 13.6 Å². The van der Waals surface area contributed by atoms with Crippen LogP contribution >= 0.6 is 0 Å². The summed E-state index contributed by atoms with van der Waals surface area (Å²) >= 11 is 0. The van der Waals surface area contributed by atoms with E-state index in [1.165, 1.54) is 16.8 Å². The van der Waals surface area contributed by atoms with Crippen molar-refractivity contribution < 1.29 is 8.42 Å². The van der Waals surface area contributed by atoms with E-state index in [2.05, 4.69) is 15.3 Å². The number of nitrogens with zero attached hydrogens (tertiary/aromatic N) is 2. The number of H-pyrrole nitrogens is 1. The van der Waals surface area contributed by atoms with E-state index >= 15 is 0 Å². The minimum absolute atomic E-state index is 0.156. The van der Waals surface area contributed by atoms with Gasteiger partial charge in [0.15, 0.2) is 5.03 Å². The third kappa shape index (κ3) is 2.85. The minimum Gasteiger partial charge on any atom is -0.335 e. The largest absolute Gasteiger partial charge is 0.335 e. The van der Waals surface area contributed by atoms with E-state index in [0.717, 1.165) is 25.9 Å². The SMILES string of the molecule is CN(CC1CCCNC1)S(=O)(=O)c1cnc[nH]1. The highest BCUT2D eigenvalue weighted by atomic mass is 32.2. The summed E-state index contributed by atoms with van der Waals surface area (Å²) in [5, 5.41) is 3.44. The molecule has 96 valence electrons. The summed E-state index contributed by atoms with van der Waals surface area (Å²) in [6.07, 6.45) is 4.91. The van der Waals surface area contributed by atoms with Crippen molar-refractivity contribution in [3.63, 3.8) is 0 Å². The fraction of sp³-hybridized carbons (Fsp3) is 0.700. The number of rotatable bonds is 4. The highest BCUT2D eigenvalue weighted by molar-refractivity contribution is 7.89. The van der Waals surface area contributed by atoms with Crippen molar-refractivity contribution in [1.82, 2.24) is 19.6 Å². The van der Waals surface area contributed by atoms with E-state index in [9.17, 15) is 8.42 Å². The van der Waals surface area contributed by atoms with Gasteiger partial charge >= 0.3 is 0 Å². The Morgan fingerprint density at radius 3 is 3.00 bits per heavy atom. The molecule has 2 heterocycles. The van der Waals surface area contributed by atoms with Gasteiger partial charge in [0.1, 0.15) is 0 Å². The van der Waals surface area contributed by atoms with Crippen LogP contribution in [0.3, 0.4) is 0 Å². The fourth-order valence-corrected chi connectivity index (χ4v) is 3.23. The molecule has 0 bridgehead atoms. The predicted molar refractivity (Wildman–Crippen MR) is 64.0 cm³/mol. The Bertz CT molecular complexity index is 437. The molecule has 0 saturated carbocycles. The van der Waals surface area contributed by atoms with Gasteiger partial charge in [-0.2, -0.15) is 4.31 Å². The Hall–Kier alpha value is -0.920. The molecule has 1 saturated heterocycles. The van der Waals surface area contributed by atoms with Crippen LogP contribution in [0.2, 0.25) is 0 Å². The molecule has 17 heavy (non-hydrogen) atoms. The molecule has 6 nitrogen and oxygen atoms in total. The summed E-state index contributed by atoms with van der Waals surface area (Å²) in [6.45, 7) is 2.48. The second kappa shape index (κ2) is 5.16. The van der Waals surface area contributed by atoms with E-state index in [0.29, 0.717) is 12.5 Å². The monoisotopic (exact) mass is 258 g/mol. The summed E-state index contributed by atoms with van der Waals surface area (Å²) in [7, 11) is -1.79. The molecule has 0 aromatic carbocycles. The maximum Gasteiger partial charge on any atom is 0.259 e. The lowest BCUT2D eigenvalue weighted by atomic mass is 10.00. The van der Waals surface area contributed by atoms with Crippen LogP contribution in [0.5, 0.6) is 0 Å². The molecule has 1 aromatic heterocycles. The van der Waals surface area contributed by atoms with Crippen LogP contribution in [0.1, 0.15) is 12.8 Å². The quantitative estimate of drug-likeness (QED) is 0.798. The Balaban J connectivity index is 2.01. The van der Waals surface area contributed by atoms with Gasteiger partial charge in [-0.05, 0) is 31.8 Å². The summed E-state index contributed by atoms with van der Waals surface area (Å²) in [6, 6.07) is 0. The smallest absolute Gasteiger partial charge is 0.259 e. The zero-order valence-corrected chi connectivity index (χ0v) is 10.7. The summed E-state index contributed by atoms with van der Waals surface area (Å²) in [5.41, 5.74) is 0. The highest BCUT2D eigenvalue weighted by Crippen LogP contribution is 2.16. The van der Waals surface area contributed by atoms with Crippen molar-refractivity contribution in [3.8, 4) is 0 Å². The molecule has 2 rings (SSSR count). The van der Waals surface area contributed by atoms with E-state index < -0.39 is 10.0 Å². The van der Waals surface area contributed by atoms with Gasteiger partial charge in [0.2, 0.25) is 0 Å². The van der Waals surface area contributed by atoms with Gasteiger partial charge in [-0.1, -0.05) is 0 Å². The maximum absolute atomic E-state index is 12.1. The van der Waals surface area contributed by atoms with Crippen molar-refractivity contribution in [2.24, 2.45) is 5.92 Å². The van der Waals surface area contributed by atoms with Crippen LogP contribution < -0.4 is 5.32 Å². The van der Waals surface area contributed by atoms with Gasteiger partial charge in [-0.3, -0.25) is 0 Å². The first-order valence-electron chi connectivity index (χ1n) is 5.76. The second-order valence-electron chi connectivity index (χ2n) is 4.41. The first kappa shape index (κ1) is 12.5. The van der Waals surface area contributed by atoms with Crippen LogP contribution in [0, 0.1) is 5.92 Å². The summed E-state index contributed by atoms with van der Waals surface area (Å²) < 4.78 is 25.6. The summed E-state index contributed by atoms with van der Waals surface area (Å²) in [4.78, 5) is 6.38. The molecule has 1 fully saturated rings. The molecule has 0 amide bonds. The number of piperidine rings is 1. The fourth-order valence-electron chi connectivity index (χ4n) is 2.09. The van der Waals surface area contributed by atoms with E-state index in [1.807, 2.05) is 0 Å². The minimum atomic E-state index is -3.41. The maximum atomic E-state index is 12.1. The van der Waals surface area contributed by atoms with Gasteiger partial charge in [0.05, 0.1) is 12.5 Å². The number of hydrogen-bond acceptors (Lipinski definition) is 4. The number of sulfonamides is 1. The number of nitrogens with one attached hydrogen (secondary N) is 2. The zero-order chi connectivity index (χ0) is 12.3. The first-order valence-corrected chi connectivity index (χ1v) is 7.20. The van der Waals surface area contributed by atoms with Gasteiger partial charge in [-0.25, -0.2) is 13.4 Å². The van der Waals surface area contributed by atoms with Crippen LogP contribution in [-0.2, 0) is 10.0 Å². The van der Waals surface area contributed by atoms with Crippen LogP contribution in [0.15, 0.2) is 17.6 Å². The van der Waals surface area contributed by atoms with Crippen molar-refractivity contribution in [3.05, 3.63) is 12.5 Å². The average Bonchev–Trinajstić information content (AvgIpc) is 2.84. The lowest BCUT2D eigenvalue weighted by Crippen LogP contribution is -2.39. The second-order valence-corrected chi connectivity index (χ2v) is 6.43. The van der Waals surface area contributed by atoms with E-state index in [-0.39, 0.29) is 5.03 Å². The van der Waals surface area contributed by atoms with Crippen molar-refractivity contribution >= 4 is 10.0 Å². The lowest BCUT2D eigenvalue weighted by Gasteiger charge is -2.26. The molecule has 1 unspecified atom stereocenters. The van der Waals surface area contributed by atoms with E-state index in [1.54, 1.807) is 7.05 Å². The summed E-state index contributed by atoms with van der Waals surface area (Å²) in [5.74, 6) is 0.395. The number of hydrogen-bond donors (Lipinski definition) is 2. The molecule has 7 heteroatoms. The first-order chi connectivity index (χ1) is 8.10. The molecule has 1 aliphatic rings. The lowest BCUT2D eigenvalue weighted by molar-refractivity contribution is 0.314. The zero-order valence-electron chi connectivity index (χ0n) is 9.89. The van der Waals surface area contributed by atoms with Crippen molar-refractivity contribution in [2.75, 3.05) is 26.7 Å². The van der Waals surface area contributed by atoms with Gasteiger partial charge in [0.25, 0.3) is 10.0 Å². The Labute approximate surface area is 101 Å². The van der Waals surface area contributed by atoms with Crippen molar-refractivity contribution in [2.45, 2.75) is 17.9 Å². The van der Waals surface area contributed by atoms with Crippen molar-refractivity contribution in [1.29, 1.82) is 0 Å². The average molecular weight is 258 g/mol. The standard InChI is InChI=1S/C10H18N4O2S/c1-14(7-9-3-2-4-11-5-9)17(15,16)10-6-12-8-13-10/h6,8-9,11H,2-5,7H2,1H3,(H,12,13). The van der Waals surface area contributed by atoms with E-state index in [4.69, 9.17) is 0 Å². The Morgan fingerprint density at radius 2 is 2.41 bits per heavy atom.